The normalized spacial score (nSPS) is 18.7. The molecule has 2 atom stereocenters. The van der Waals surface area contributed by atoms with Crippen LogP contribution in [0.15, 0.2) is 97.3 Å². The van der Waals surface area contributed by atoms with Gasteiger partial charge in [0.1, 0.15) is 21.5 Å². The molecule has 1 heterocycles. The minimum absolute atomic E-state index is 0.359. The molecule has 1 aliphatic rings. The molecule has 0 fully saturated rings. The largest absolute Gasteiger partial charge is 0.573 e. The second-order valence-electron chi connectivity index (χ2n) is 5.49. The quantitative estimate of drug-likeness (QED) is 0.440. The van der Waals surface area contributed by atoms with E-state index < -0.39 is 28.1 Å². The Bertz CT molecular complexity index is 988. The van der Waals surface area contributed by atoms with E-state index in [0.717, 1.165) is 14.7 Å². The van der Waals surface area contributed by atoms with E-state index in [1.54, 1.807) is 18.2 Å². The van der Waals surface area contributed by atoms with Gasteiger partial charge in [0, 0.05) is 6.07 Å². The molecule has 0 bridgehead atoms. The number of hydrogen-bond acceptors (Lipinski definition) is 2. The summed E-state index contributed by atoms with van der Waals surface area (Å²) in [7, 11) is -2.10. The maximum Gasteiger partial charge on any atom is 0.573 e. The predicted octanol–water partition coefficient (Wildman–Crippen LogP) is 5.16. The van der Waals surface area contributed by atoms with Gasteiger partial charge in [-0.1, -0.05) is 30.3 Å². The van der Waals surface area contributed by atoms with Crippen molar-refractivity contribution >= 4 is 21.7 Å². The molecule has 3 aromatic carbocycles. The Balaban J connectivity index is 1.90. The van der Waals surface area contributed by atoms with Crippen molar-refractivity contribution < 1.29 is 22.1 Å². The van der Waals surface area contributed by atoms with Gasteiger partial charge in [-0.15, -0.1) is 13.2 Å². The molecule has 0 saturated heterocycles. The van der Waals surface area contributed by atoms with Crippen molar-refractivity contribution in [1.29, 1.82) is 0 Å². The molecule has 0 saturated carbocycles. The van der Waals surface area contributed by atoms with Crippen molar-refractivity contribution in [2.75, 3.05) is 0 Å². The average molecular weight is 393 g/mol. The van der Waals surface area contributed by atoms with Gasteiger partial charge in [-0.25, -0.2) is 4.21 Å². The van der Waals surface area contributed by atoms with Crippen molar-refractivity contribution in [3.05, 3.63) is 72.8 Å². The summed E-state index contributed by atoms with van der Waals surface area (Å²) < 4.78 is 54.7. The van der Waals surface area contributed by atoms with Gasteiger partial charge in [0.15, 0.2) is 14.7 Å². The molecular weight excluding hydrogens is 381 g/mol. The van der Waals surface area contributed by atoms with Gasteiger partial charge in [-0.05, 0) is 36.4 Å². The molecule has 3 aromatic rings. The summed E-state index contributed by atoms with van der Waals surface area (Å²) in [5.74, 6) is -0.361. The number of rotatable bonds is 2. The molecule has 0 spiro atoms. The van der Waals surface area contributed by atoms with Gasteiger partial charge in [-0.3, -0.25) is 0 Å². The van der Waals surface area contributed by atoms with Crippen LogP contribution in [0.3, 0.4) is 0 Å². The van der Waals surface area contributed by atoms with E-state index in [4.69, 9.17) is 0 Å². The monoisotopic (exact) mass is 393 g/mol. The summed E-state index contributed by atoms with van der Waals surface area (Å²) in [5, 5.41) is 0. The second-order valence-corrected chi connectivity index (χ2v) is 8.87. The van der Waals surface area contributed by atoms with Crippen molar-refractivity contribution in [1.82, 2.24) is 0 Å². The zero-order chi connectivity index (χ0) is 18.3. The second kappa shape index (κ2) is 6.48. The lowest BCUT2D eigenvalue weighted by atomic mass is 10.3. The third-order valence-electron chi connectivity index (χ3n) is 3.82. The van der Waals surface area contributed by atoms with Crippen LogP contribution in [-0.4, -0.2) is 10.6 Å². The maximum atomic E-state index is 13.0. The van der Waals surface area contributed by atoms with Crippen molar-refractivity contribution in [2.24, 2.45) is 0 Å². The zero-order valence-corrected chi connectivity index (χ0v) is 14.8. The highest BCUT2D eigenvalue weighted by Crippen LogP contribution is 2.44. The lowest BCUT2D eigenvalue weighted by Gasteiger charge is -2.20. The Morgan fingerprint density at radius 2 is 1.46 bits per heavy atom. The lowest BCUT2D eigenvalue weighted by molar-refractivity contribution is -0.274. The van der Waals surface area contributed by atoms with E-state index in [9.17, 15) is 17.4 Å². The van der Waals surface area contributed by atoms with Gasteiger partial charge in [-0.2, -0.15) is 0 Å². The fourth-order valence-corrected chi connectivity index (χ4v) is 7.06. The number of ether oxygens (including phenoxy) is 1. The summed E-state index contributed by atoms with van der Waals surface area (Å²) in [6.45, 7) is 0. The van der Waals surface area contributed by atoms with Crippen LogP contribution >= 0.6 is 0 Å². The molecule has 0 N–H and O–H groups in total. The molecule has 4 rings (SSSR count). The van der Waals surface area contributed by atoms with Crippen LogP contribution < -0.4 is 4.74 Å². The number of fused-ring (bicyclic) bond motifs is 2. The Morgan fingerprint density at radius 3 is 2.19 bits per heavy atom. The first kappa shape index (κ1) is 17.2. The molecule has 0 radical (unpaired) electrons. The van der Waals surface area contributed by atoms with E-state index in [1.165, 1.54) is 12.1 Å². The first-order valence-corrected chi connectivity index (χ1v) is 10.0. The van der Waals surface area contributed by atoms with E-state index in [1.807, 2.05) is 42.5 Å². The van der Waals surface area contributed by atoms with Crippen LogP contribution in [0.1, 0.15) is 0 Å². The number of benzene rings is 3. The summed E-state index contributed by atoms with van der Waals surface area (Å²) >= 11 is 0. The highest BCUT2D eigenvalue weighted by atomic mass is 32.2. The van der Waals surface area contributed by atoms with Crippen LogP contribution in [0.5, 0.6) is 5.75 Å². The molecule has 2 nitrogen and oxygen atoms in total. The molecule has 0 aromatic heterocycles. The maximum absolute atomic E-state index is 13.0. The van der Waals surface area contributed by atoms with Gasteiger partial charge in [0.2, 0.25) is 0 Å². The molecule has 1 aliphatic heterocycles. The van der Waals surface area contributed by atoms with Crippen LogP contribution in [0.2, 0.25) is 0 Å². The van der Waals surface area contributed by atoms with Gasteiger partial charge in [0.05, 0.1) is 15.7 Å². The Hall–Kier alpha value is -2.25. The summed E-state index contributed by atoms with van der Waals surface area (Å²) in [5.41, 5.74) is 0. The molecule has 7 heteroatoms. The summed E-state index contributed by atoms with van der Waals surface area (Å²) in [6, 6.07) is 21.1. The van der Waals surface area contributed by atoms with Crippen LogP contribution in [0, 0.1) is 0 Å². The first-order valence-electron chi connectivity index (χ1n) is 7.64. The molecule has 132 valence electrons. The van der Waals surface area contributed by atoms with Crippen LogP contribution in [0.4, 0.5) is 13.2 Å². The smallest absolute Gasteiger partial charge is 0.406 e. The van der Waals surface area contributed by atoms with Crippen molar-refractivity contribution in [2.45, 2.75) is 30.8 Å². The number of alkyl halides is 3. The molecule has 0 amide bonds. The number of halogens is 3. The lowest BCUT2D eigenvalue weighted by Crippen LogP contribution is -2.19. The number of hydrogen-bond donors (Lipinski definition) is 0. The highest BCUT2D eigenvalue weighted by molar-refractivity contribution is 7.99. The third kappa shape index (κ3) is 3.12. The zero-order valence-electron chi connectivity index (χ0n) is 13.2. The van der Waals surface area contributed by atoms with Crippen LogP contribution in [-0.2, 0) is 21.7 Å². The third-order valence-corrected chi connectivity index (χ3v) is 7.90. The molecule has 2 unspecified atom stereocenters. The first-order chi connectivity index (χ1) is 12.4. The molecule has 0 aliphatic carbocycles. The fourth-order valence-electron chi connectivity index (χ4n) is 2.82. The minimum atomic E-state index is -4.79. The standard InChI is InChI=1S/C19H12F3O2S2/c20-19(21,22)24-13-10-11-16-18(12-13)26(23)17-9-5-4-8-15(17)25(16)14-6-2-1-3-7-14/h1-12H/q+1. The van der Waals surface area contributed by atoms with Crippen molar-refractivity contribution in [3.8, 4) is 5.75 Å². The Kier molecular flexibility index (Phi) is 4.28. The molecular formula is C19H12F3O2S2+. The fraction of sp³-hybridized carbons (Fsp3) is 0.0526. The van der Waals surface area contributed by atoms with E-state index in [-0.39, 0.29) is 5.75 Å². The predicted molar refractivity (Wildman–Crippen MR) is 92.8 cm³/mol. The van der Waals surface area contributed by atoms with Crippen LogP contribution in [0.25, 0.3) is 0 Å². The van der Waals surface area contributed by atoms with E-state index >= 15 is 0 Å². The summed E-state index contributed by atoms with van der Waals surface area (Å²) in [6.07, 6.45) is -4.79. The van der Waals surface area contributed by atoms with Gasteiger partial charge < -0.3 is 4.74 Å². The van der Waals surface area contributed by atoms with E-state index in [0.29, 0.717) is 9.79 Å². The topological polar surface area (TPSA) is 26.3 Å². The average Bonchev–Trinajstić information content (AvgIpc) is 2.62. The molecule has 26 heavy (non-hydrogen) atoms. The minimum Gasteiger partial charge on any atom is -0.406 e. The highest BCUT2D eigenvalue weighted by Gasteiger charge is 2.41. The Morgan fingerprint density at radius 1 is 0.808 bits per heavy atom. The van der Waals surface area contributed by atoms with Crippen molar-refractivity contribution in [3.63, 3.8) is 0 Å². The SMILES string of the molecule is O=S1c2ccccc2[S+](c2ccccc2)c2ccc(OC(F)(F)F)cc21. The Labute approximate surface area is 153 Å². The summed E-state index contributed by atoms with van der Waals surface area (Å²) in [4.78, 5) is 3.67. The van der Waals surface area contributed by atoms with Gasteiger partial charge >= 0.3 is 6.36 Å². The van der Waals surface area contributed by atoms with E-state index in [2.05, 4.69) is 4.74 Å². The van der Waals surface area contributed by atoms with Gasteiger partial charge in [0.25, 0.3) is 0 Å².